The van der Waals surface area contributed by atoms with E-state index in [1.165, 1.54) is 19.3 Å². The van der Waals surface area contributed by atoms with Gasteiger partial charge < -0.3 is 20.1 Å². The van der Waals surface area contributed by atoms with Crippen molar-refractivity contribution in [2.24, 2.45) is 10.4 Å². The van der Waals surface area contributed by atoms with Gasteiger partial charge in [-0.25, -0.2) is 4.99 Å². The van der Waals surface area contributed by atoms with Crippen LogP contribution in [0.2, 0.25) is 0 Å². The highest BCUT2D eigenvalue weighted by Gasteiger charge is 2.59. The second-order valence-electron chi connectivity index (χ2n) is 7.01. The normalized spacial score (nSPS) is 23.4. The number of hydrogen-bond acceptors (Lipinski definition) is 3. The third-order valence-corrected chi connectivity index (χ3v) is 5.65. The summed E-state index contributed by atoms with van der Waals surface area (Å²) in [5.74, 6) is 1.77. The molecule has 0 radical (unpaired) electrons. The van der Waals surface area contributed by atoms with Gasteiger partial charge in [-0.15, -0.1) is 24.0 Å². The van der Waals surface area contributed by atoms with E-state index >= 15 is 0 Å². The van der Waals surface area contributed by atoms with Gasteiger partial charge in [-0.3, -0.25) is 0 Å². The number of methoxy groups -OCH3 is 1. The molecule has 1 spiro atoms. The molecule has 3 rings (SSSR count). The van der Waals surface area contributed by atoms with E-state index in [-0.39, 0.29) is 24.0 Å². The van der Waals surface area contributed by atoms with Crippen molar-refractivity contribution in [1.29, 1.82) is 0 Å². The molecule has 0 bridgehead atoms. The molecule has 5 nitrogen and oxygen atoms in total. The van der Waals surface area contributed by atoms with Crippen molar-refractivity contribution in [3.8, 4) is 5.75 Å². The van der Waals surface area contributed by atoms with E-state index in [1.807, 2.05) is 18.2 Å². The van der Waals surface area contributed by atoms with Crippen LogP contribution in [0.4, 0.5) is 0 Å². The number of ether oxygens (including phenoxy) is 2. The number of aliphatic imine (C=N–C) groups is 1. The van der Waals surface area contributed by atoms with Crippen LogP contribution in [-0.4, -0.2) is 38.4 Å². The maximum Gasteiger partial charge on any atom is 0.191 e. The first-order valence-corrected chi connectivity index (χ1v) is 9.51. The Bertz CT molecular complexity index is 604. The van der Waals surface area contributed by atoms with Crippen molar-refractivity contribution in [3.63, 3.8) is 0 Å². The smallest absolute Gasteiger partial charge is 0.191 e. The van der Waals surface area contributed by atoms with Crippen LogP contribution in [0, 0.1) is 5.41 Å². The molecule has 2 aliphatic carbocycles. The number of halogens is 1. The lowest BCUT2D eigenvalue weighted by Gasteiger charge is -2.61. The molecular formula is C20H32IN3O2. The number of hydrogen-bond donors (Lipinski definition) is 2. The molecule has 0 aliphatic heterocycles. The van der Waals surface area contributed by atoms with Gasteiger partial charge in [0.1, 0.15) is 5.75 Å². The molecule has 2 atom stereocenters. The van der Waals surface area contributed by atoms with Crippen LogP contribution in [0.25, 0.3) is 0 Å². The minimum absolute atomic E-state index is 0. The van der Waals surface area contributed by atoms with Crippen molar-refractivity contribution in [1.82, 2.24) is 10.6 Å². The lowest BCUT2D eigenvalue weighted by Crippen LogP contribution is -2.68. The molecule has 0 aromatic heterocycles. The average molecular weight is 473 g/mol. The van der Waals surface area contributed by atoms with Crippen LogP contribution < -0.4 is 15.4 Å². The molecule has 0 amide bonds. The lowest BCUT2D eigenvalue weighted by atomic mass is 9.51. The van der Waals surface area contributed by atoms with Gasteiger partial charge in [-0.05, 0) is 50.8 Å². The van der Waals surface area contributed by atoms with Gasteiger partial charge in [-0.2, -0.15) is 0 Å². The molecule has 0 heterocycles. The molecule has 2 fully saturated rings. The summed E-state index contributed by atoms with van der Waals surface area (Å²) in [5.41, 5.74) is 1.48. The first-order valence-electron chi connectivity index (χ1n) is 9.51. The highest BCUT2D eigenvalue weighted by molar-refractivity contribution is 14.0. The standard InChI is InChI=1S/C20H31N3O2.HI/c1-4-21-19(22-14-15-8-6-9-16(12-15)24-3)23-17-13-18(25-5-2)20(17)10-7-11-20;/h6,8-9,12,17-18H,4-5,7,10-11,13-14H2,1-3H3,(H2,21,22,23);1H. The monoisotopic (exact) mass is 473 g/mol. The predicted octanol–water partition coefficient (Wildman–Crippen LogP) is 3.72. The quantitative estimate of drug-likeness (QED) is 0.360. The Kier molecular flexibility index (Phi) is 8.01. The molecule has 2 aliphatic rings. The van der Waals surface area contributed by atoms with E-state index in [4.69, 9.17) is 14.5 Å². The number of rotatable bonds is 7. The molecule has 0 saturated heterocycles. The van der Waals surface area contributed by atoms with Crippen LogP contribution in [0.5, 0.6) is 5.75 Å². The number of nitrogens with zero attached hydrogens (tertiary/aromatic N) is 1. The molecule has 1 aromatic carbocycles. The van der Waals surface area contributed by atoms with Crippen LogP contribution in [0.15, 0.2) is 29.3 Å². The summed E-state index contributed by atoms with van der Waals surface area (Å²) >= 11 is 0. The van der Waals surface area contributed by atoms with Gasteiger partial charge in [0, 0.05) is 24.6 Å². The Labute approximate surface area is 174 Å². The first-order chi connectivity index (χ1) is 12.2. The fourth-order valence-electron chi connectivity index (χ4n) is 4.07. The third-order valence-electron chi connectivity index (χ3n) is 5.65. The van der Waals surface area contributed by atoms with Gasteiger partial charge in [0.2, 0.25) is 0 Å². The first kappa shape index (κ1) is 21.3. The maximum atomic E-state index is 5.95. The van der Waals surface area contributed by atoms with Gasteiger partial charge in [0.25, 0.3) is 0 Å². The second kappa shape index (κ2) is 9.78. The van der Waals surface area contributed by atoms with Gasteiger partial charge in [-0.1, -0.05) is 18.6 Å². The molecule has 146 valence electrons. The maximum absolute atomic E-state index is 5.95. The summed E-state index contributed by atoms with van der Waals surface area (Å²) in [7, 11) is 1.69. The summed E-state index contributed by atoms with van der Waals surface area (Å²) in [6.07, 6.45) is 5.36. The van der Waals surface area contributed by atoms with Crippen molar-refractivity contribution in [2.45, 2.75) is 58.2 Å². The molecule has 2 saturated carbocycles. The van der Waals surface area contributed by atoms with Crippen LogP contribution in [-0.2, 0) is 11.3 Å². The Morgan fingerprint density at radius 2 is 2.12 bits per heavy atom. The zero-order valence-electron chi connectivity index (χ0n) is 16.1. The number of nitrogens with one attached hydrogen (secondary N) is 2. The third kappa shape index (κ3) is 4.44. The largest absolute Gasteiger partial charge is 0.497 e. The second-order valence-corrected chi connectivity index (χ2v) is 7.01. The number of guanidine groups is 1. The van der Waals surface area contributed by atoms with E-state index in [0.29, 0.717) is 24.1 Å². The predicted molar refractivity (Wildman–Crippen MR) is 116 cm³/mol. The minimum Gasteiger partial charge on any atom is -0.497 e. The highest BCUT2D eigenvalue weighted by Crippen LogP contribution is 2.57. The summed E-state index contributed by atoms with van der Waals surface area (Å²) in [6, 6.07) is 8.55. The summed E-state index contributed by atoms with van der Waals surface area (Å²) in [5, 5.41) is 7.04. The van der Waals surface area contributed by atoms with Crippen molar-refractivity contribution in [2.75, 3.05) is 20.3 Å². The van der Waals surface area contributed by atoms with Crippen LogP contribution in [0.3, 0.4) is 0 Å². The fourth-order valence-corrected chi connectivity index (χ4v) is 4.07. The van der Waals surface area contributed by atoms with Crippen molar-refractivity contribution >= 4 is 29.9 Å². The molecule has 2 N–H and O–H groups in total. The van der Waals surface area contributed by atoms with Crippen LogP contribution >= 0.6 is 24.0 Å². The molecule has 6 heteroatoms. The molecule has 2 unspecified atom stereocenters. The molecule has 1 aromatic rings. The Morgan fingerprint density at radius 1 is 1.31 bits per heavy atom. The zero-order chi connectivity index (χ0) is 17.7. The fraction of sp³-hybridized carbons (Fsp3) is 0.650. The Balaban J connectivity index is 0.00000243. The minimum atomic E-state index is 0. The molecule has 26 heavy (non-hydrogen) atoms. The van der Waals surface area contributed by atoms with Crippen LogP contribution in [0.1, 0.15) is 45.1 Å². The summed E-state index contributed by atoms with van der Waals surface area (Å²) in [6.45, 7) is 6.50. The van der Waals surface area contributed by atoms with Gasteiger partial charge in [0.15, 0.2) is 5.96 Å². The lowest BCUT2D eigenvalue weighted by molar-refractivity contribution is -0.168. The Hall–Kier alpha value is -1.02. The van der Waals surface area contributed by atoms with Crippen molar-refractivity contribution in [3.05, 3.63) is 29.8 Å². The highest BCUT2D eigenvalue weighted by atomic mass is 127. The summed E-state index contributed by atoms with van der Waals surface area (Å²) < 4.78 is 11.2. The van der Waals surface area contributed by atoms with E-state index in [2.05, 4.69) is 30.5 Å². The number of benzene rings is 1. The van der Waals surface area contributed by atoms with Gasteiger partial charge in [0.05, 0.1) is 19.8 Å². The van der Waals surface area contributed by atoms with E-state index in [0.717, 1.165) is 36.8 Å². The van der Waals surface area contributed by atoms with E-state index in [9.17, 15) is 0 Å². The van der Waals surface area contributed by atoms with E-state index in [1.54, 1.807) is 7.11 Å². The zero-order valence-corrected chi connectivity index (χ0v) is 18.4. The summed E-state index contributed by atoms with van der Waals surface area (Å²) in [4.78, 5) is 4.77. The Morgan fingerprint density at radius 3 is 2.73 bits per heavy atom. The van der Waals surface area contributed by atoms with Crippen molar-refractivity contribution < 1.29 is 9.47 Å². The average Bonchev–Trinajstić information content (AvgIpc) is 2.57. The van der Waals surface area contributed by atoms with E-state index < -0.39 is 0 Å². The van der Waals surface area contributed by atoms with Gasteiger partial charge >= 0.3 is 0 Å². The molecular weight excluding hydrogens is 441 g/mol. The topological polar surface area (TPSA) is 54.9 Å². The SMILES string of the molecule is CCNC(=NCc1cccc(OC)c1)NC1CC(OCC)C12CCC2.I.